The number of thiophene rings is 1. The monoisotopic (exact) mass is 482 g/mol. The fourth-order valence-corrected chi connectivity index (χ4v) is 4.73. The van der Waals surface area contributed by atoms with Gasteiger partial charge in [0.2, 0.25) is 0 Å². The van der Waals surface area contributed by atoms with Gasteiger partial charge in [0.1, 0.15) is 4.88 Å². The zero-order chi connectivity index (χ0) is 19.6. The van der Waals surface area contributed by atoms with Gasteiger partial charge in [-0.05, 0) is 60.6 Å². The van der Waals surface area contributed by atoms with Gasteiger partial charge in [0.05, 0.1) is 12.1 Å². The summed E-state index contributed by atoms with van der Waals surface area (Å²) in [5.41, 5.74) is 2.94. The van der Waals surface area contributed by atoms with Gasteiger partial charge in [-0.25, -0.2) is 4.79 Å². The van der Waals surface area contributed by atoms with E-state index in [-0.39, 0.29) is 0 Å². The highest BCUT2D eigenvalue weighted by molar-refractivity contribution is 9.10. The Morgan fingerprint density at radius 2 is 2.04 bits per heavy atom. The Bertz CT molecular complexity index is 1040. The van der Waals surface area contributed by atoms with Crippen LogP contribution in [0.15, 0.2) is 40.9 Å². The van der Waals surface area contributed by atoms with E-state index in [1.807, 2.05) is 30.3 Å². The van der Waals surface area contributed by atoms with Gasteiger partial charge in [-0.1, -0.05) is 34.5 Å². The lowest BCUT2D eigenvalue weighted by Crippen LogP contribution is -2.19. The molecule has 0 aliphatic carbocycles. The molecule has 4 nitrogen and oxygen atoms in total. The quantitative estimate of drug-likeness (QED) is 0.329. The molecule has 0 radical (unpaired) electrons. The van der Waals surface area contributed by atoms with Crippen LogP contribution >= 0.6 is 51.1 Å². The van der Waals surface area contributed by atoms with Crippen molar-refractivity contribution in [1.82, 2.24) is 0 Å². The van der Waals surface area contributed by atoms with E-state index in [2.05, 4.69) is 39.6 Å². The lowest BCUT2D eigenvalue weighted by molar-refractivity contribution is 0.0606. The fourth-order valence-electron chi connectivity index (χ4n) is 2.63. The number of carbonyl (C=O) groups excluding carboxylic acids is 1. The Morgan fingerprint density at radius 1 is 1.26 bits per heavy atom. The van der Waals surface area contributed by atoms with E-state index >= 15 is 0 Å². The highest BCUT2D eigenvalue weighted by Gasteiger charge is 2.17. The molecule has 0 unspecified atom stereocenters. The number of rotatable bonds is 4. The summed E-state index contributed by atoms with van der Waals surface area (Å²) < 4.78 is 6.69. The number of ether oxygens (including phenoxy) is 1. The third-order valence-electron chi connectivity index (χ3n) is 3.95. The van der Waals surface area contributed by atoms with Crippen LogP contribution in [0.4, 0.5) is 11.4 Å². The summed E-state index contributed by atoms with van der Waals surface area (Å²) in [6, 6.07) is 11.7. The summed E-state index contributed by atoms with van der Waals surface area (Å²) in [6.45, 7) is 2.09. The van der Waals surface area contributed by atoms with Gasteiger partial charge in [0.25, 0.3) is 0 Å². The highest BCUT2D eigenvalue weighted by Crippen LogP contribution is 2.37. The van der Waals surface area contributed by atoms with E-state index in [0.29, 0.717) is 15.0 Å². The molecule has 3 rings (SSSR count). The predicted molar refractivity (Wildman–Crippen MR) is 122 cm³/mol. The van der Waals surface area contributed by atoms with Crippen LogP contribution in [-0.4, -0.2) is 18.2 Å². The van der Waals surface area contributed by atoms with Gasteiger partial charge in [0.15, 0.2) is 5.11 Å². The summed E-state index contributed by atoms with van der Waals surface area (Å²) in [6.07, 6.45) is 0.889. The summed E-state index contributed by atoms with van der Waals surface area (Å²) in [5, 5.41) is 8.12. The molecule has 8 heteroatoms. The van der Waals surface area contributed by atoms with Crippen LogP contribution in [0, 0.1) is 0 Å². The maximum Gasteiger partial charge on any atom is 0.349 e. The molecule has 27 heavy (non-hydrogen) atoms. The summed E-state index contributed by atoms with van der Waals surface area (Å²) in [4.78, 5) is 12.2. The molecule has 0 spiro atoms. The van der Waals surface area contributed by atoms with Crippen molar-refractivity contribution in [3.05, 3.63) is 56.3 Å². The van der Waals surface area contributed by atoms with Crippen molar-refractivity contribution in [2.75, 3.05) is 17.7 Å². The molecule has 0 fully saturated rings. The van der Waals surface area contributed by atoms with Crippen LogP contribution in [0.5, 0.6) is 0 Å². The van der Waals surface area contributed by atoms with Crippen molar-refractivity contribution in [2.24, 2.45) is 0 Å². The smallest absolute Gasteiger partial charge is 0.349 e. The third kappa shape index (κ3) is 4.43. The first kappa shape index (κ1) is 20.1. The van der Waals surface area contributed by atoms with E-state index in [0.717, 1.165) is 37.9 Å². The summed E-state index contributed by atoms with van der Waals surface area (Å²) in [7, 11) is 1.34. The van der Waals surface area contributed by atoms with Crippen molar-refractivity contribution in [3.63, 3.8) is 0 Å². The molecule has 0 aliphatic heterocycles. The van der Waals surface area contributed by atoms with Gasteiger partial charge < -0.3 is 15.4 Å². The summed E-state index contributed by atoms with van der Waals surface area (Å²) >= 11 is 16.5. The largest absolute Gasteiger partial charge is 0.465 e. The molecule has 0 aliphatic rings. The molecular formula is C19H16BrClN2O2S2. The molecule has 0 saturated heterocycles. The molecule has 0 atom stereocenters. The number of nitrogens with one attached hydrogen (secondary N) is 2. The molecule has 3 aromatic rings. The van der Waals surface area contributed by atoms with Crippen molar-refractivity contribution in [1.29, 1.82) is 0 Å². The lowest BCUT2D eigenvalue weighted by atomic mass is 10.1. The average molecular weight is 484 g/mol. The van der Waals surface area contributed by atoms with Crippen molar-refractivity contribution in [2.45, 2.75) is 13.3 Å². The molecule has 1 heterocycles. The molecule has 140 valence electrons. The van der Waals surface area contributed by atoms with Gasteiger partial charge in [0, 0.05) is 25.9 Å². The first-order valence-electron chi connectivity index (χ1n) is 8.09. The van der Waals surface area contributed by atoms with Crippen molar-refractivity contribution < 1.29 is 9.53 Å². The first-order chi connectivity index (χ1) is 12.9. The molecule has 2 aromatic carbocycles. The number of carbonyl (C=O) groups is 1. The van der Waals surface area contributed by atoms with Gasteiger partial charge in [-0.3, -0.25) is 0 Å². The van der Waals surface area contributed by atoms with Crippen LogP contribution in [0.3, 0.4) is 0 Å². The number of thiocarbonyl (C=S) groups is 1. The zero-order valence-electron chi connectivity index (χ0n) is 14.6. The Hall–Kier alpha value is -1.67. The minimum absolute atomic E-state index is 0.398. The van der Waals surface area contributed by atoms with Crippen LogP contribution < -0.4 is 10.6 Å². The molecule has 0 saturated carbocycles. The Balaban J connectivity index is 1.80. The highest BCUT2D eigenvalue weighted by atomic mass is 79.9. The second-order valence-corrected chi connectivity index (χ2v) is 8.44. The van der Waals surface area contributed by atoms with Gasteiger partial charge in [-0.2, -0.15) is 0 Å². The SMILES string of the molecule is CCc1cc(Br)ccc1NC(=S)Nc1ccc2c(Cl)c(C(=O)OC)sc2c1. The minimum atomic E-state index is -0.435. The van der Waals surface area contributed by atoms with Crippen molar-refractivity contribution in [3.8, 4) is 0 Å². The molecule has 0 amide bonds. The Morgan fingerprint density at radius 3 is 2.74 bits per heavy atom. The van der Waals surface area contributed by atoms with Gasteiger partial charge >= 0.3 is 5.97 Å². The standard InChI is InChI=1S/C19H16BrClN2O2S2/c1-3-10-8-11(20)4-7-14(10)23-19(26)22-12-5-6-13-15(9-12)27-17(16(13)21)18(24)25-2/h4-9H,3H2,1-2H3,(H2,22,23,26). The number of fused-ring (bicyclic) bond motifs is 1. The van der Waals surface area contributed by atoms with Crippen LogP contribution in [0.1, 0.15) is 22.2 Å². The number of hydrogen-bond donors (Lipinski definition) is 2. The van der Waals surface area contributed by atoms with E-state index in [4.69, 9.17) is 28.6 Å². The van der Waals surface area contributed by atoms with E-state index in [1.54, 1.807) is 0 Å². The van der Waals surface area contributed by atoms with E-state index in [9.17, 15) is 4.79 Å². The van der Waals surface area contributed by atoms with Crippen LogP contribution in [-0.2, 0) is 11.2 Å². The molecular weight excluding hydrogens is 468 g/mol. The minimum Gasteiger partial charge on any atom is -0.465 e. The molecule has 1 aromatic heterocycles. The third-order valence-corrected chi connectivity index (χ3v) is 6.29. The maximum absolute atomic E-state index is 11.8. The number of anilines is 2. The fraction of sp³-hybridized carbons (Fsp3) is 0.158. The maximum atomic E-state index is 11.8. The van der Waals surface area contributed by atoms with Crippen LogP contribution in [0.2, 0.25) is 5.02 Å². The van der Waals surface area contributed by atoms with Gasteiger partial charge in [-0.15, -0.1) is 11.3 Å². The number of esters is 1. The second kappa shape index (κ2) is 8.56. The van der Waals surface area contributed by atoms with Crippen LogP contribution in [0.25, 0.3) is 10.1 Å². The number of halogens is 2. The number of aryl methyl sites for hydroxylation is 1. The topological polar surface area (TPSA) is 50.4 Å². The Kier molecular flexibility index (Phi) is 6.37. The zero-order valence-corrected chi connectivity index (χ0v) is 18.5. The summed E-state index contributed by atoms with van der Waals surface area (Å²) in [5.74, 6) is -0.435. The van der Waals surface area contributed by atoms with Crippen molar-refractivity contribution >= 4 is 83.6 Å². The number of methoxy groups -OCH3 is 1. The second-order valence-electron chi connectivity index (χ2n) is 5.68. The first-order valence-corrected chi connectivity index (χ1v) is 10.5. The number of hydrogen-bond acceptors (Lipinski definition) is 4. The lowest BCUT2D eigenvalue weighted by Gasteiger charge is -2.14. The normalized spacial score (nSPS) is 10.7. The van der Waals surface area contributed by atoms with E-state index < -0.39 is 5.97 Å². The molecule has 0 bridgehead atoms. The Labute approximate surface area is 180 Å². The average Bonchev–Trinajstić information content (AvgIpc) is 2.98. The van der Waals surface area contributed by atoms with E-state index in [1.165, 1.54) is 18.4 Å². The predicted octanol–water partition coefficient (Wildman–Crippen LogP) is 6.48. The number of benzene rings is 2. The molecule has 2 N–H and O–H groups in total.